The monoisotopic (exact) mass is 171 g/mol. The van der Waals surface area contributed by atoms with Gasteiger partial charge < -0.3 is 9.84 Å². The van der Waals surface area contributed by atoms with Gasteiger partial charge in [-0.3, -0.25) is 0 Å². The first kappa shape index (κ1) is 9.09. The van der Waals surface area contributed by atoms with Crippen LogP contribution in [0.25, 0.3) is 0 Å². The molecule has 0 bridgehead atoms. The van der Waals surface area contributed by atoms with Crippen molar-refractivity contribution in [3.63, 3.8) is 0 Å². The summed E-state index contributed by atoms with van der Waals surface area (Å²) in [6, 6.07) is 2.78. The molecule has 66 valence electrons. The highest BCUT2D eigenvalue weighted by Crippen LogP contribution is 2.15. The number of ether oxygens (including phenoxy) is 1. The van der Waals surface area contributed by atoms with Crippen molar-refractivity contribution in [1.82, 2.24) is 4.98 Å². The van der Waals surface area contributed by atoms with Crippen molar-refractivity contribution in [3.05, 3.63) is 29.3 Å². The van der Waals surface area contributed by atoms with Crippen LogP contribution >= 0.6 is 0 Å². The van der Waals surface area contributed by atoms with Crippen LogP contribution in [0.4, 0.5) is 4.39 Å². The number of aromatic nitrogens is 1. The van der Waals surface area contributed by atoms with E-state index in [-0.39, 0.29) is 5.69 Å². The molecule has 1 heterocycles. The van der Waals surface area contributed by atoms with E-state index in [2.05, 4.69) is 9.72 Å². The summed E-state index contributed by atoms with van der Waals surface area (Å²) in [6.45, 7) is 1.73. The van der Waals surface area contributed by atoms with E-state index in [0.29, 0.717) is 5.56 Å². The largest absolute Gasteiger partial charge is 0.363 e. The molecule has 1 unspecified atom stereocenters. The summed E-state index contributed by atoms with van der Waals surface area (Å²) in [6.07, 6.45) is -1.15. The first-order valence-electron chi connectivity index (χ1n) is 3.49. The lowest BCUT2D eigenvalue weighted by atomic mass is 10.2. The van der Waals surface area contributed by atoms with E-state index in [1.165, 1.54) is 13.2 Å². The van der Waals surface area contributed by atoms with Crippen molar-refractivity contribution >= 4 is 0 Å². The summed E-state index contributed by atoms with van der Waals surface area (Å²) >= 11 is 0. The summed E-state index contributed by atoms with van der Waals surface area (Å²) in [7, 11) is 1.33. The number of hydrogen-bond acceptors (Lipinski definition) is 3. The van der Waals surface area contributed by atoms with Crippen LogP contribution in [0.5, 0.6) is 0 Å². The molecule has 0 saturated heterocycles. The molecular weight excluding hydrogens is 161 g/mol. The highest BCUT2D eigenvalue weighted by molar-refractivity contribution is 5.18. The molecule has 0 aromatic carbocycles. The Hall–Kier alpha value is -1.00. The van der Waals surface area contributed by atoms with Gasteiger partial charge in [0, 0.05) is 7.11 Å². The van der Waals surface area contributed by atoms with Gasteiger partial charge in [0.1, 0.15) is 5.69 Å². The van der Waals surface area contributed by atoms with Crippen LogP contribution in [0.1, 0.15) is 17.5 Å². The summed E-state index contributed by atoms with van der Waals surface area (Å²) in [5.74, 6) is -0.619. The minimum absolute atomic E-state index is 0.220. The number of pyridine rings is 1. The third-order valence-electron chi connectivity index (χ3n) is 1.56. The molecule has 0 aliphatic rings. The smallest absolute Gasteiger partial charge is 0.213 e. The fourth-order valence-electron chi connectivity index (χ4n) is 0.881. The van der Waals surface area contributed by atoms with Crippen LogP contribution in [0.2, 0.25) is 0 Å². The summed E-state index contributed by atoms with van der Waals surface area (Å²) in [5, 5.41) is 9.18. The molecule has 1 atom stereocenters. The lowest BCUT2D eigenvalue weighted by Crippen LogP contribution is -2.05. The lowest BCUT2D eigenvalue weighted by molar-refractivity contribution is -0.0807. The van der Waals surface area contributed by atoms with Crippen molar-refractivity contribution < 1.29 is 14.2 Å². The van der Waals surface area contributed by atoms with Crippen LogP contribution in [-0.2, 0) is 4.74 Å². The first-order valence-corrected chi connectivity index (χ1v) is 3.49. The van der Waals surface area contributed by atoms with Gasteiger partial charge in [-0.15, -0.1) is 0 Å². The zero-order valence-corrected chi connectivity index (χ0v) is 6.91. The maximum Gasteiger partial charge on any atom is 0.213 e. The van der Waals surface area contributed by atoms with Crippen LogP contribution in [0.15, 0.2) is 12.1 Å². The second-order valence-electron chi connectivity index (χ2n) is 2.42. The molecule has 1 aromatic rings. The Morgan fingerprint density at radius 3 is 2.83 bits per heavy atom. The standard InChI is InChI=1S/C8H10FNO2/c1-5-3-4-6(9)10-7(5)8(11)12-2/h3-4,8,11H,1-2H3. The van der Waals surface area contributed by atoms with E-state index in [0.717, 1.165) is 0 Å². The quantitative estimate of drug-likeness (QED) is 0.536. The molecule has 4 heteroatoms. The topological polar surface area (TPSA) is 42.4 Å². The molecule has 1 N–H and O–H groups in total. The molecule has 3 nitrogen and oxygen atoms in total. The molecule has 0 spiro atoms. The third-order valence-corrected chi connectivity index (χ3v) is 1.56. The van der Waals surface area contributed by atoms with Crippen molar-refractivity contribution in [3.8, 4) is 0 Å². The van der Waals surface area contributed by atoms with Crippen LogP contribution in [-0.4, -0.2) is 17.2 Å². The number of aliphatic hydroxyl groups is 1. The van der Waals surface area contributed by atoms with Crippen molar-refractivity contribution in [1.29, 1.82) is 0 Å². The van der Waals surface area contributed by atoms with Gasteiger partial charge in [-0.1, -0.05) is 6.07 Å². The second kappa shape index (κ2) is 3.60. The highest BCUT2D eigenvalue weighted by atomic mass is 19.1. The van der Waals surface area contributed by atoms with Crippen LogP contribution in [0.3, 0.4) is 0 Å². The van der Waals surface area contributed by atoms with Gasteiger partial charge in [-0.05, 0) is 18.6 Å². The number of methoxy groups -OCH3 is 1. The van der Waals surface area contributed by atoms with E-state index >= 15 is 0 Å². The zero-order valence-electron chi connectivity index (χ0n) is 6.91. The number of halogens is 1. The van der Waals surface area contributed by atoms with E-state index < -0.39 is 12.2 Å². The molecule has 0 amide bonds. The van der Waals surface area contributed by atoms with E-state index in [1.54, 1.807) is 13.0 Å². The van der Waals surface area contributed by atoms with Crippen LogP contribution in [0, 0.1) is 12.9 Å². The summed E-state index contributed by atoms with van der Waals surface area (Å²) in [5.41, 5.74) is 0.920. The maximum atomic E-state index is 12.6. The van der Waals surface area contributed by atoms with E-state index in [4.69, 9.17) is 0 Å². The fourth-order valence-corrected chi connectivity index (χ4v) is 0.881. The molecule has 0 fully saturated rings. The summed E-state index contributed by atoms with van der Waals surface area (Å²) < 4.78 is 17.2. The van der Waals surface area contributed by atoms with Gasteiger partial charge >= 0.3 is 0 Å². The van der Waals surface area contributed by atoms with Crippen molar-refractivity contribution in [2.45, 2.75) is 13.2 Å². The molecular formula is C8H10FNO2. The SMILES string of the molecule is COC(O)c1nc(F)ccc1C. The Labute approximate surface area is 69.8 Å². The number of aliphatic hydroxyl groups excluding tert-OH is 1. The zero-order chi connectivity index (χ0) is 9.14. The van der Waals surface area contributed by atoms with Gasteiger partial charge in [0.15, 0.2) is 6.29 Å². The average molecular weight is 171 g/mol. The fraction of sp³-hybridized carbons (Fsp3) is 0.375. The first-order chi connectivity index (χ1) is 5.65. The van der Waals surface area contributed by atoms with Gasteiger partial charge in [-0.25, -0.2) is 4.98 Å². The molecule has 0 radical (unpaired) electrons. The highest BCUT2D eigenvalue weighted by Gasteiger charge is 2.11. The maximum absolute atomic E-state index is 12.6. The number of nitrogens with zero attached hydrogens (tertiary/aromatic N) is 1. The summed E-state index contributed by atoms with van der Waals surface area (Å²) in [4.78, 5) is 3.50. The number of rotatable bonds is 2. The minimum atomic E-state index is -1.15. The third kappa shape index (κ3) is 1.78. The normalized spacial score (nSPS) is 13.0. The van der Waals surface area contributed by atoms with Gasteiger partial charge in [-0.2, -0.15) is 4.39 Å². The van der Waals surface area contributed by atoms with Gasteiger partial charge in [0.2, 0.25) is 5.95 Å². The molecule has 0 aliphatic heterocycles. The molecule has 12 heavy (non-hydrogen) atoms. The Morgan fingerprint density at radius 1 is 1.58 bits per heavy atom. The van der Waals surface area contributed by atoms with Crippen molar-refractivity contribution in [2.75, 3.05) is 7.11 Å². The molecule has 0 saturated carbocycles. The van der Waals surface area contributed by atoms with Gasteiger partial charge in [0.05, 0.1) is 0 Å². The van der Waals surface area contributed by atoms with Crippen molar-refractivity contribution in [2.24, 2.45) is 0 Å². The second-order valence-corrected chi connectivity index (χ2v) is 2.42. The average Bonchev–Trinajstić information content (AvgIpc) is 2.08. The van der Waals surface area contributed by atoms with Crippen LogP contribution < -0.4 is 0 Å². The Morgan fingerprint density at radius 2 is 2.25 bits per heavy atom. The predicted octanol–water partition coefficient (Wildman–Crippen LogP) is 1.17. The van der Waals surface area contributed by atoms with E-state index in [9.17, 15) is 9.50 Å². The van der Waals surface area contributed by atoms with E-state index in [1.807, 2.05) is 0 Å². The Kier molecular flexibility index (Phi) is 2.73. The lowest BCUT2D eigenvalue weighted by Gasteiger charge is -2.09. The Balaban J connectivity index is 3.04. The molecule has 1 aromatic heterocycles. The number of aryl methyl sites for hydroxylation is 1. The molecule has 0 aliphatic carbocycles. The predicted molar refractivity (Wildman–Crippen MR) is 40.9 cm³/mol. The Bertz CT molecular complexity index is 278. The number of hydrogen-bond donors (Lipinski definition) is 1. The van der Waals surface area contributed by atoms with Gasteiger partial charge in [0.25, 0.3) is 0 Å². The minimum Gasteiger partial charge on any atom is -0.363 e. The molecule has 1 rings (SSSR count).